The number of hydrogen-bond donors (Lipinski definition) is 3. The summed E-state index contributed by atoms with van der Waals surface area (Å²) >= 11 is 6.38. The second-order valence-corrected chi connectivity index (χ2v) is 10.6. The number of ether oxygens (including phenoxy) is 1. The second kappa shape index (κ2) is 8.81. The van der Waals surface area contributed by atoms with Crippen LogP contribution in [0.15, 0.2) is 18.2 Å². The highest BCUT2D eigenvalue weighted by molar-refractivity contribution is 6.34. The van der Waals surface area contributed by atoms with Gasteiger partial charge in [0.05, 0.1) is 40.8 Å². The Bertz CT molecular complexity index is 998. The summed E-state index contributed by atoms with van der Waals surface area (Å²) in [6.07, 6.45) is 1.74. The van der Waals surface area contributed by atoms with Gasteiger partial charge >= 0.3 is 0 Å². The molecule has 4 rings (SSSR count). The lowest BCUT2D eigenvalue weighted by Gasteiger charge is -2.39. The summed E-state index contributed by atoms with van der Waals surface area (Å²) in [5, 5.41) is 16.3. The Hall–Kier alpha value is -2.16. The molecular weight excluding hydrogens is 458 g/mol. The third-order valence-corrected chi connectivity index (χ3v) is 8.62. The number of amides is 3. The highest BCUT2D eigenvalue weighted by Gasteiger charge is 2.78. The molecular formula is C25H34ClN3O5. The summed E-state index contributed by atoms with van der Waals surface area (Å²) in [5.41, 5.74) is -0.718. The maximum Gasteiger partial charge on any atom is 0.250 e. The maximum absolute atomic E-state index is 14.0. The van der Waals surface area contributed by atoms with Gasteiger partial charge in [0.2, 0.25) is 17.7 Å². The molecule has 0 aliphatic carbocycles. The fourth-order valence-corrected chi connectivity index (χ4v) is 6.64. The molecule has 1 aromatic carbocycles. The quantitative estimate of drug-likeness (QED) is 0.543. The van der Waals surface area contributed by atoms with E-state index in [4.69, 9.17) is 16.3 Å². The number of nitrogens with zero attached hydrogens (tertiary/aromatic N) is 1. The topological polar surface area (TPSA) is 108 Å². The van der Waals surface area contributed by atoms with Crippen LogP contribution in [-0.4, -0.2) is 64.7 Å². The van der Waals surface area contributed by atoms with Crippen molar-refractivity contribution in [1.29, 1.82) is 0 Å². The maximum atomic E-state index is 14.0. The van der Waals surface area contributed by atoms with Crippen molar-refractivity contribution >= 4 is 35.0 Å². The molecule has 3 N–H and O–H groups in total. The minimum Gasteiger partial charge on any atom is -0.394 e. The van der Waals surface area contributed by atoms with Gasteiger partial charge in [0.1, 0.15) is 11.6 Å². The summed E-state index contributed by atoms with van der Waals surface area (Å²) in [6.45, 7) is 7.33. The Balaban J connectivity index is 1.83. The molecule has 3 heterocycles. The zero-order valence-electron chi connectivity index (χ0n) is 20.4. The Morgan fingerprint density at radius 1 is 1.32 bits per heavy atom. The molecule has 3 fully saturated rings. The number of para-hydroxylation sites is 1. The Kier molecular flexibility index (Phi) is 6.46. The third kappa shape index (κ3) is 3.45. The average molecular weight is 492 g/mol. The van der Waals surface area contributed by atoms with E-state index in [1.54, 1.807) is 19.2 Å². The first kappa shape index (κ1) is 24.9. The van der Waals surface area contributed by atoms with Crippen molar-refractivity contribution in [3.8, 4) is 0 Å². The van der Waals surface area contributed by atoms with Crippen LogP contribution in [0.2, 0.25) is 5.02 Å². The predicted molar refractivity (Wildman–Crippen MR) is 128 cm³/mol. The molecule has 0 aromatic heterocycles. The summed E-state index contributed by atoms with van der Waals surface area (Å²) in [7, 11) is 1.54. The lowest BCUT2D eigenvalue weighted by Crippen LogP contribution is -2.57. The van der Waals surface area contributed by atoms with Gasteiger partial charge in [0, 0.05) is 7.05 Å². The SMILES string of the molecule is CC[C@H](C)[C@H](CO)N1C(=O)[C@@H]2[C@@H](C(=O)NC)[C@@]3(C)CCC2(O3)C1C(=O)Nc1c(C)cccc1Cl. The number of aliphatic hydroxyl groups is 1. The summed E-state index contributed by atoms with van der Waals surface area (Å²) < 4.78 is 6.55. The van der Waals surface area contributed by atoms with Crippen molar-refractivity contribution in [2.75, 3.05) is 19.0 Å². The van der Waals surface area contributed by atoms with Gasteiger partial charge in [0.15, 0.2) is 0 Å². The number of halogens is 1. The van der Waals surface area contributed by atoms with Gasteiger partial charge in [-0.05, 0) is 44.2 Å². The first-order chi connectivity index (χ1) is 16.1. The first-order valence-electron chi connectivity index (χ1n) is 12.0. The van der Waals surface area contributed by atoms with E-state index in [9.17, 15) is 19.5 Å². The molecule has 1 aromatic rings. The standard InChI is InChI=1S/C25H34ClN3O5/c1-6-13(2)16(12-30)29-20(22(32)28-19-14(3)8-7-9-15(19)26)25-11-10-24(4,34-25)17(21(31)27-5)18(25)23(29)33/h7-9,13,16-18,20,30H,6,10-12H2,1-5H3,(H,27,31)(H,28,32)/t13-,16-,17-,18-,20?,24+,25?/m0/s1. The number of nitrogens with one attached hydrogen (secondary N) is 2. The lowest BCUT2D eigenvalue weighted by molar-refractivity contribution is -0.149. The number of likely N-dealkylation sites (tertiary alicyclic amines) is 1. The zero-order chi connectivity index (χ0) is 25.0. The molecule has 8 nitrogen and oxygen atoms in total. The van der Waals surface area contributed by atoms with Gasteiger partial charge in [-0.25, -0.2) is 0 Å². The Morgan fingerprint density at radius 2 is 2.03 bits per heavy atom. The van der Waals surface area contributed by atoms with Crippen molar-refractivity contribution in [3.63, 3.8) is 0 Å². The molecule has 3 amide bonds. The molecule has 7 atom stereocenters. The van der Waals surface area contributed by atoms with Crippen molar-refractivity contribution in [3.05, 3.63) is 28.8 Å². The van der Waals surface area contributed by atoms with Gasteiger partial charge in [0.25, 0.3) is 0 Å². The van der Waals surface area contributed by atoms with Crippen LogP contribution in [0.5, 0.6) is 0 Å². The van der Waals surface area contributed by atoms with E-state index in [0.717, 1.165) is 5.56 Å². The molecule has 34 heavy (non-hydrogen) atoms. The van der Waals surface area contributed by atoms with E-state index in [1.165, 1.54) is 4.90 Å². The largest absolute Gasteiger partial charge is 0.394 e. The lowest BCUT2D eigenvalue weighted by atomic mass is 9.66. The fourth-order valence-electron chi connectivity index (χ4n) is 6.37. The number of carbonyl (C=O) groups is 3. The van der Waals surface area contributed by atoms with Crippen LogP contribution in [-0.2, 0) is 19.1 Å². The van der Waals surface area contributed by atoms with E-state index in [0.29, 0.717) is 30.0 Å². The molecule has 9 heteroatoms. The monoisotopic (exact) mass is 491 g/mol. The molecule has 186 valence electrons. The fraction of sp³-hybridized carbons (Fsp3) is 0.640. The molecule has 3 aliphatic rings. The number of rotatable bonds is 7. The van der Waals surface area contributed by atoms with Gasteiger partial charge in [-0.15, -0.1) is 0 Å². The summed E-state index contributed by atoms with van der Waals surface area (Å²) in [4.78, 5) is 42.4. The third-order valence-electron chi connectivity index (χ3n) is 8.31. The molecule has 2 unspecified atom stereocenters. The molecule has 3 aliphatic heterocycles. The van der Waals surface area contributed by atoms with Gasteiger partial charge in [-0.2, -0.15) is 0 Å². The molecule has 0 radical (unpaired) electrons. The number of aliphatic hydroxyl groups excluding tert-OH is 1. The predicted octanol–water partition coefficient (Wildman–Crippen LogP) is 2.50. The van der Waals surface area contributed by atoms with Gasteiger partial charge < -0.3 is 25.4 Å². The number of hydrogen-bond acceptors (Lipinski definition) is 5. The van der Waals surface area contributed by atoms with E-state index >= 15 is 0 Å². The minimum absolute atomic E-state index is 0.0623. The highest BCUT2D eigenvalue weighted by Crippen LogP contribution is 2.63. The van der Waals surface area contributed by atoms with Crippen LogP contribution in [0.4, 0.5) is 5.69 Å². The first-order valence-corrected chi connectivity index (χ1v) is 12.3. The molecule has 2 bridgehead atoms. The minimum atomic E-state index is -1.15. The van der Waals surface area contributed by atoms with Crippen LogP contribution < -0.4 is 10.6 Å². The molecule has 0 saturated carbocycles. The van der Waals surface area contributed by atoms with Crippen molar-refractivity contribution in [1.82, 2.24) is 10.2 Å². The number of anilines is 1. The second-order valence-electron chi connectivity index (χ2n) is 10.1. The van der Waals surface area contributed by atoms with Crippen LogP contribution in [0.1, 0.15) is 45.6 Å². The number of fused-ring (bicyclic) bond motifs is 1. The highest BCUT2D eigenvalue weighted by atomic mass is 35.5. The smallest absolute Gasteiger partial charge is 0.250 e. The molecule has 1 spiro atoms. The van der Waals surface area contributed by atoms with E-state index in [1.807, 2.05) is 33.8 Å². The van der Waals surface area contributed by atoms with Crippen LogP contribution in [0, 0.1) is 24.7 Å². The van der Waals surface area contributed by atoms with Crippen molar-refractivity contribution in [2.24, 2.45) is 17.8 Å². The van der Waals surface area contributed by atoms with Gasteiger partial charge in [-0.1, -0.05) is 44.0 Å². The van der Waals surface area contributed by atoms with E-state index in [-0.39, 0.29) is 24.3 Å². The van der Waals surface area contributed by atoms with Crippen molar-refractivity contribution < 1.29 is 24.2 Å². The van der Waals surface area contributed by atoms with E-state index in [2.05, 4.69) is 10.6 Å². The molecule has 3 saturated heterocycles. The average Bonchev–Trinajstić information content (AvgIpc) is 3.37. The normalized spacial score (nSPS) is 33.6. The Labute approximate surface area is 205 Å². The van der Waals surface area contributed by atoms with Crippen LogP contribution in [0.25, 0.3) is 0 Å². The summed E-state index contributed by atoms with van der Waals surface area (Å²) in [5.74, 6) is -2.57. The number of carbonyl (C=O) groups excluding carboxylic acids is 3. The van der Waals surface area contributed by atoms with Gasteiger partial charge in [-0.3, -0.25) is 14.4 Å². The van der Waals surface area contributed by atoms with Crippen molar-refractivity contribution in [2.45, 2.75) is 70.2 Å². The Morgan fingerprint density at radius 3 is 2.62 bits per heavy atom. The van der Waals surface area contributed by atoms with E-state index < -0.39 is 41.0 Å². The van der Waals surface area contributed by atoms with Crippen LogP contribution >= 0.6 is 11.6 Å². The van der Waals surface area contributed by atoms with Crippen LogP contribution in [0.3, 0.4) is 0 Å². The summed E-state index contributed by atoms with van der Waals surface area (Å²) in [6, 6.07) is 3.76. The number of benzene rings is 1. The zero-order valence-corrected chi connectivity index (χ0v) is 21.1. The number of aryl methyl sites for hydroxylation is 1.